The summed E-state index contributed by atoms with van der Waals surface area (Å²) >= 11 is 0. The van der Waals surface area contributed by atoms with Crippen molar-refractivity contribution in [2.24, 2.45) is 5.92 Å². The molecule has 9 rings (SSSR count). The van der Waals surface area contributed by atoms with Gasteiger partial charge in [0.05, 0.1) is 35.2 Å². The second-order valence-corrected chi connectivity index (χ2v) is 18.0. The Labute approximate surface area is 404 Å². The van der Waals surface area contributed by atoms with Crippen LogP contribution in [0.4, 0.5) is 16.2 Å². The van der Waals surface area contributed by atoms with E-state index in [9.17, 15) is 25.1 Å². The van der Waals surface area contributed by atoms with Crippen molar-refractivity contribution >= 4 is 35.3 Å². The number of cyclic esters (lactones) is 1. The minimum Gasteiger partial charge on any atom is -0.491 e. The third-order valence-electron chi connectivity index (χ3n) is 13.8. The number of hydrogen-bond acceptors (Lipinski definition) is 12. The number of carbonyl (C=O) groups excluding carboxylic acids is 4. The largest absolute Gasteiger partial charge is 0.491 e. The minimum atomic E-state index is -2.18. The molecule has 70 heavy (non-hydrogen) atoms. The minimum absolute atomic E-state index is 0.0467. The van der Waals surface area contributed by atoms with Gasteiger partial charge in [-0.05, 0) is 84.3 Å². The zero-order valence-electron chi connectivity index (χ0n) is 38.3. The van der Waals surface area contributed by atoms with Crippen molar-refractivity contribution in [3.05, 3.63) is 184 Å². The predicted molar refractivity (Wildman–Crippen MR) is 257 cm³/mol. The number of imide groups is 1. The molecule has 15 heteroatoms. The number of nitrogens with zero attached hydrogens (tertiary/aromatic N) is 3. The number of non-ortho nitro benzene ring substituents is 1. The standard InChI is InChI=1S/C55H52N4O11/c1-2-31-56-50(61)45-47-51(62)70-48(39-17-9-6-10-18-39)46(38-15-7-5-8-16-38)58(47)49(41-19-11-12-20-44(41)68-33-32-60)55(45)42-34-36(27-30-54(65)28-13-3-4-14-29-54)23-26-43(42)57(52(55)63)53(64)69-35-37-21-24-40(25-22-37)59(66)67/h2,5-12,15-26,34,45-49,60,65H,1,3-4,13-14,28-29,31-33,35H2,(H,56,61). The lowest BCUT2D eigenvalue weighted by atomic mass is 9.65. The third kappa shape index (κ3) is 8.70. The maximum Gasteiger partial charge on any atom is 0.421 e. The Morgan fingerprint density at radius 2 is 1.56 bits per heavy atom. The molecular formula is C55H52N4O11. The lowest BCUT2D eigenvalue weighted by molar-refractivity contribution is -0.384. The van der Waals surface area contributed by atoms with E-state index in [-0.39, 0.29) is 49.1 Å². The van der Waals surface area contributed by atoms with Crippen LogP contribution in [0.3, 0.4) is 0 Å². The Balaban J connectivity index is 1.32. The number of ether oxygens (including phenoxy) is 3. The van der Waals surface area contributed by atoms with Crippen LogP contribution in [-0.4, -0.2) is 75.3 Å². The van der Waals surface area contributed by atoms with Crippen molar-refractivity contribution in [3.63, 3.8) is 0 Å². The number of benzene rings is 5. The first-order valence-corrected chi connectivity index (χ1v) is 23.4. The molecule has 4 aliphatic rings. The molecule has 0 aromatic heterocycles. The molecule has 6 atom stereocenters. The van der Waals surface area contributed by atoms with Gasteiger partial charge in [-0.3, -0.25) is 29.4 Å². The average Bonchev–Trinajstić information content (AvgIpc) is 3.72. The highest BCUT2D eigenvalue weighted by Gasteiger charge is 2.76. The van der Waals surface area contributed by atoms with Crippen LogP contribution in [0.15, 0.2) is 140 Å². The number of aliphatic hydroxyl groups is 2. The first kappa shape index (κ1) is 47.4. The molecule has 1 saturated carbocycles. The third-order valence-corrected chi connectivity index (χ3v) is 13.8. The Bertz CT molecular complexity index is 2860. The van der Waals surface area contributed by atoms with Crippen LogP contribution in [0.5, 0.6) is 5.75 Å². The van der Waals surface area contributed by atoms with Crippen molar-refractivity contribution < 1.29 is 48.5 Å². The summed E-state index contributed by atoms with van der Waals surface area (Å²) in [5.41, 5.74) is -0.916. The van der Waals surface area contributed by atoms with Crippen molar-refractivity contribution in [1.82, 2.24) is 10.2 Å². The Hall–Kier alpha value is -7.64. The Kier molecular flexibility index (Phi) is 13.6. The van der Waals surface area contributed by atoms with Crippen LogP contribution in [-0.2, 0) is 35.9 Å². The number of hydrogen-bond donors (Lipinski definition) is 3. The monoisotopic (exact) mass is 944 g/mol. The number of anilines is 1. The molecule has 15 nitrogen and oxygen atoms in total. The van der Waals surface area contributed by atoms with Crippen LogP contribution in [0.2, 0.25) is 0 Å². The Morgan fingerprint density at radius 3 is 2.23 bits per heavy atom. The number of carbonyl (C=O) groups is 4. The highest BCUT2D eigenvalue weighted by Crippen LogP contribution is 2.66. The zero-order chi connectivity index (χ0) is 49.0. The molecule has 0 radical (unpaired) electrons. The molecular weight excluding hydrogens is 893 g/mol. The van der Waals surface area contributed by atoms with E-state index >= 15 is 14.4 Å². The number of para-hydroxylation sites is 1. The molecule has 3 N–H and O–H groups in total. The lowest BCUT2D eigenvalue weighted by Crippen LogP contribution is -2.55. The number of fused-ring (bicyclic) bond motifs is 3. The van der Waals surface area contributed by atoms with Gasteiger partial charge in [-0.2, -0.15) is 0 Å². The van der Waals surface area contributed by atoms with Crippen molar-refractivity contribution in [2.45, 2.75) is 80.4 Å². The number of nitro groups is 1. The second kappa shape index (κ2) is 20.1. The Morgan fingerprint density at radius 1 is 0.886 bits per heavy atom. The molecule has 3 amide bonds. The molecule has 3 heterocycles. The summed E-state index contributed by atoms with van der Waals surface area (Å²) in [6.07, 6.45) is 3.86. The molecule has 358 valence electrons. The number of rotatable bonds is 12. The molecule has 6 unspecified atom stereocenters. The van der Waals surface area contributed by atoms with E-state index in [1.165, 1.54) is 30.3 Å². The fourth-order valence-corrected chi connectivity index (χ4v) is 10.8. The summed E-state index contributed by atoms with van der Waals surface area (Å²) in [6, 6.07) is 32.0. The zero-order valence-corrected chi connectivity index (χ0v) is 38.3. The van der Waals surface area contributed by atoms with Gasteiger partial charge in [0.25, 0.3) is 5.69 Å². The van der Waals surface area contributed by atoms with Crippen LogP contribution < -0.4 is 15.0 Å². The molecule has 1 aliphatic carbocycles. The molecule has 3 aliphatic heterocycles. The van der Waals surface area contributed by atoms with Gasteiger partial charge in [0.15, 0.2) is 0 Å². The van der Waals surface area contributed by atoms with Crippen molar-refractivity contribution in [1.29, 1.82) is 0 Å². The molecule has 5 aromatic rings. The summed E-state index contributed by atoms with van der Waals surface area (Å²) < 4.78 is 18.7. The van der Waals surface area contributed by atoms with Gasteiger partial charge in [-0.25, -0.2) is 9.69 Å². The summed E-state index contributed by atoms with van der Waals surface area (Å²) in [4.78, 5) is 75.7. The summed E-state index contributed by atoms with van der Waals surface area (Å²) in [7, 11) is 0. The first-order valence-electron chi connectivity index (χ1n) is 23.4. The topological polar surface area (TPSA) is 198 Å². The number of amides is 3. The highest BCUT2D eigenvalue weighted by molar-refractivity contribution is 6.23. The van der Waals surface area contributed by atoms with E-state index < -0.39 is 70.0 Å². The van der Waals surface area contributed by atoms with Crippen molar-refractivity contribution in [3.8, 4) is 17.6 Å². The number of nitrogens with one attached hydrogen (secondary N) is 1. The summed E-state index contributed by atoms with van der Waals surface area (Å²) in [6.45, 7) is 2.88. The van der Waals surface area contributed by atoms with Gasteiger partial charge in [0, 0.05) is 29.8 Å². The SMILES string of the molecule is C=CCNC(=O)C1C2C(=O)OC(c3ccccc3)C(c3ccccc3)N2C(c2ccccc2OCCO)C12C(=O)N(C(=O)OCc1ccc([N+](=O)[O-])cc1)c1ccc(C#CC3(O)CCCCCC3)cc12. The number of aliphatic hydroxyl groups excluding tert-OH is 1. The first-order chi connectivity index (χ1) is 34.0. The highest BCUT2D eigenvalue weighted by atomic mass is 16.6. The summed E-state index contributed by atoms with van der Waals surface area (Å²) in [5, 5.41) is 36.1. The number of nitro benzene ring substituents is 1. The quantitative estimate of drug-likeness (QED) is 0.0276. The van der Waals surface area contributed by atoms with Gasteiger partial charge >= 0.3 is 12.1 Å². The predicted octanol–water partition coefficient (Wildman–Crippen LogP) is 7.71. The maximum absolute atomic E-state index is 16.5. The molecule has 2 saturated heterocycles. The van der Waals surface area contributed by atoms with Crippen LogP contribution in [0.25, 0.3) is 0 Å². The van der Waals surface area contributed by atoms with Crippen LogP contribution in [0.1, 0.15) is 90.1 Å². The van der Waals surface area contributed by atoms with E-state index in [4.69, 9.17) is 14.2 Å². The normalized spacial score (nSPS) is 23.5. The maximum atomic E-state index is 16.5. The van der Waals surface area contributed by atoms with Gasteiger partial charge in [0.2, 0.25) is 11.8 Å². The van der Waals surface area contributed by atoms with E-state index in [0.717, 1.165) is 30.6 Å². The fraction of sp³-hybridized carbons (Fsp3) is 0.309. The number of esters is 1. The molecule has 1 spiro atoms. The second-order valence-electron chi connectivity index (χ2n) is 18.0. The lowest BCUT2D eigenvalue weighted by Gasteiger charge is -2.46. The van der Waals surface area contributed by atoms with E-state index in [2.05, 4.69) is 23.7 Å². The van der Waals surface area contributed by atoms with Gasteiger partial charge < -0.3 is 29.7 Å². The summed E-state index contributed by atoms with van der Waals surface area (Å²) in [5.74, 6) is 2.52. The van der Waals surface area contributed by atoms with Crippen molar-refractivity contribution in [2.75, 3.05) is 24.7 Å². The molecule has 3 fully saturated rings. The van der Waals surface area contributed by atoms with Gasteiger partial charge in [0.1, 0.15) is 42.1 Å². The molecule has 5 aromatic carbocycles. The van der Waals surface area contributed by atoms with E-state index in [0.29, 0.717) is 40.7 Å². The molecule has 0 bridgehead atoms. The van der Waals surface area contributed by atoms with Crippen LogP contribution >= 0.6 is 0 Å². The number of morpholine rings is 1. The fourth-order valence-electron chi connectivity index (χ4n) is 10.8. The van der Waals surface area contributed by atoms with Crippen LogP contribution in [0, 0.1) is 27.9 Å². The smallest absolute Gasteiger partial charge is 0.421 e. The van der Waals surface area contributed by atoms with E-state index in [1.54, 1.807) is 42.5 Å². The average molecular weight is 945 g/mol. The van der Waals surface area contributed by atoms with Gasteiger partial charge in [-0.15, -0.1) is 6.58 Å². The van der Waals surface area contributed by atoms with E-state index in [1.807, 2.05) is 65.6 Å². The van der Waals surface area contributed by atoms with Gasteiger partial charge in [-0.1, -0.05) is 110 Å².